The summed E-state index contributed by atoms with van der Waals surface area (Å²) in [6.45, 7) is 8.05. The highest BCUT2D eigenvalue weighted by Crippen LogP contribution is 2.18. The van der Waals surface area contributed by atoms with Gasteiger partial charge >= 0.3 is 0 Å². The fourth-order valence-electron chi connectivity index (χ4n) is 2.80. The highest BCUT2D eigenvalue weighted by molar-refractivity contribution is 7.99. The van der Waals surface area contributed by atoms with Crippen LogP contribution in [0.4, 0.5) is 0 Å². The molecule has 2 rings (SSSR count). The Kier molecular flexibility index (Phi) is 9.05. The topological polar surface area (TPSA) is 49.4 Å². The lowest BCUT2D eigenvalue weighted by Gasteiger charge is -2.29. The van der Waals surface area contributed by atoms with E-state index in [2.05, 4.69) is 5.32 Å². The average molecular weight is 433 g/mol. The number of hydrogen-bond donors (Lipinski definition) is 1. The first-order chi connectivity index (χ1) is 13.8. The Balaban J connectivity index is 2.05. The summed E-state index contributed by atoms with van der Waals surface area (Å²) in [6.07, 6.45) is 0. The van der Waals surface area contributed by atoms with Crippen molar-refractivity contribution >= 4 is 35.2 Å². The van der Waals surface area contributed by atoms with Gasteiger partial charge in [-0.2, -0.15) is 0 Å². The van der Waals surface area contributed by atoms with E-state index < -0.39 is 6.04 Å². The molecule has 0 radical (unpaired) electrons. The van der Waals surface area contributed by atoms with E-state index in [0.717, 1.165) is 16.7 Å². The molecule has 156 valence electrons. The van der Waals surface area contributed by atoms with E-state index in [4.69, 9.17) is 11.6 Å². The van der Waals surface area contributed by atoms with Crippen LogP contribution in [0.25, 0.3) is 0 Å². The first-order valence-electron chi connectivity index (χ1n) is 9.74. The summed E-state index contributed by atoms with van der Waals surface area (Å²) in [5, 5.41) is 3.61. The molecule has 0 unspecified atom stereocenters. The molecule has 0 aromatic heterocycles. The summed E-state index contributed by atoms with van der Waals surface area (Å²) in [5.41, 5.74) is 3.29. The summed E-state index contributed by atoms with van der Waals surface area (Å²) in [5.74, 6) is 0.848. The van der Waals surface area contributed by atoms with Gasteiger partial charge in [0.15, 0.2) is 0 Å². The fraction of sp³-hybridized carbons (Fsp3) is 0.391. The SMILES string of the molecule is Cc1ccc(CN(C(=O)CSCc2ccc(Cl)cc2)[C@@H](C)C(=O)NC(C)C)cc1. The van der Waals surface area contributed by atoms with E-state index in [0.29, 0.717) is 23.1 Å². The number of carbonyl (C=O) groups is 2. The second-order valence-electron chi connectivity index (χ2n) is 7.47. The Labute approximate surface area is 183 Å². The van der Waals surface area contributed by atoms with Crippen molar-refractivity contribution in [2.45, 2.75) is 52.1 Å². The molecule has 1 atom stereocenters. The molecule has 0 saturated carbocycles. The van der Waals surface area contributed by atoms with Crippen LogP contribution in [0.2, 0.25) is 5.02 Å². The predicted molar refractivity (Wildman–Crippen MR) is 122 cm³/mol. The third-order valence-corrected chi connectivity index (χ3v) is 5.72. The van der Waals surface area contributed by atoms with Gasteiger partial charge in [0.2, 0.25) is 11.8 Å². The van der Waals surface area contributed by atoms with Crippen LogP contribution in [0.5, 0.6) is 0 Å². The Hall–Kier alpha value is -1.98. The van der Waals surface area contributed by atoms with Crippen LogP contribution < -0.4 is 5.32 Å². The molecule has 0 fully saturated rings. The molecule has 2 amide bonds. The highest BCUT2D eigenvalue weighted by atomic mass is 35.5. The molecule has 0 saturated heterocycles. The maximum atomic E-state index is 13.0. The van der Waals surface area contributed by atoms with E-state index in [9.17, 15) is 9.59 Å². The van der Waals surface area contributed by atoms with Crippen LogP contribution in [-0.2, 0) is 21.9 Å². The smallest absolute Gasteiger partial charge is 0.242 e. The number of halogens is 1. The molecule has 0 aliphatic heterocycles. The van der Waals surface area contributed by atoms with Crippen LogP contribution in [0.15, 0.2) is 48.5 Å². The molecule has 0 spiro atoms. The molecule has 4 nitrogen and oxygen atoms in total. The Bertz CT molecular complexity index is 807. The van der Waals surface area contributed by atoms with Crippen molar-refractivity contribution in [2.24, 2.45) is 0 Å². The van der Waals surface area contributed by atoms with Crippen LogP contribution in [-0.4, -0.2) is 34.6 Å². The van der Waals surface area contributed by atoms with Crippen LogP contribution >= 0.6 is 23.4 Å². The quantitative estimate of drug-likeness (QED) is 0.617. The zero-order chi connectivity index (χ0) is 21.4. The van der Waals surface area contributed by atoms with Crippen LogP contribution in [0, 0.1) is 6.92 Å². The third kappa shape index (κ3) is 7.75. The van der Waals surface area contributed by atoms with Gasteiger partial charge in [0.05, 0.1) is 5.75 Å². The summed E-state index contributed by atoms with van der Waals surface area (Å²) < 4.78 is 0. The van der Waals surface area contributed by atoms with Gasteiger partial charge in [0.1, 0.15) is 6.04 Å². The van der Waals surface area contributed by atoms with Gasteiger partial charge in [0.25, 0.3) is 0 Å². The van der Waals surface area contributed by atoms with E-state index in [1.54, 1.807) is 11.8 Å². The lowest BCUT2D eigenvalue weighted by molar-refractivity contribution is -0.138. The van der Waals surface area contributed by atoms with E-state index in [-0.39, 0.29) is 17.9 Å². The molecule has 0 aliphatic carbocycles. The van der Waals surface area contributed by atoms with Crippen molar-refractivity contribution in [1.29, 1.82) is 0 Å². The average Bonchev–Trinajstić information content (AvgIpc) is 2.68. The number of benzene rings is 2. The van der Waals surface area contributed by atoms with Gasteiger partial charge in [0, 0.05) is 23.4 Å². The number of carbonyl (C=O) groups excluding carboxylic acids is 2. The second-order valence-corrected chi connectivity index (χ2v) is 8.89. The van der Waals surface area contributed by atoms with Crippen LogP contribution in [0.1, 0.15) is 37.5 Å². The molecule has 29 heavy (non-hydrogen) atoms. The maximum Gasteiger partial charge on any atom is 0.242 e. The Morgan fingerprint density at radius 1 is 1.00 bits per heavy atom. The molecule has 2 aromatic carbocycles. The second kappa shape index (κ2) is 11.3. The van der Waals surface area contributed by atoms with E-state index >= 15 is 0 Å². The lowest BCUT2D eigenvalue weighted by atomic mass is 10.1. The number of nitrogens with one attached hydrogen (secondary N) is 1. The Morgan fingerprint density at radius 3 is 2.17 bits per heavy atom. The van der Waals surface area contributed by atoms with Gasteiger partial charge in [-0.15, -0.1) is 11.8 Å². The van der Waals surface area contributed by atoms with Gasteiger partial charge in [-0.25, -0.2) is 0 Å². The molecular weight excluding hydrogens is 404 g/mol. The molecule has 0 heterocycles. The van der Waals surface area contributed by atoms with Gasteiger partial charge in [-0.1, -0.05) is 53.6 Å². The molecule has 0 bridgehead atoms. The molecule has 1 N–H and O–H groups in total. The predicted octanol–water partition coefficient (Wildman–Crippen LogP) is 4.82. The van der Waals surface area contributed by atoms with Crippen LogP contribution in [0.3, 0.4) is 0 Å². The standard InChI is InChI=1S/C23H29ClN2O2S/c1-16(2)25-23(28)18(4)26(13-19-7-5-17(3)6-8-19)22(27)15-29-14-20-9-11-21(24)12-10-20/h5-12,16,18H,13-15H2,1-4H3,(H,25,28)/t18-/m0/s1. The Morgan fingerprint density at radius 2 is 1.59 bits per heavy atom. The number of amides is 2. The number of hydrogen-bond acceptors (Lipinski definition) is 3. The fourth-order valence-corrected chi connectivity index (χ4v) is 3.79. The van der Waals surface area contributed by atoms with E-state index in [1.807, 2.05) is 69.3 Å². The van der Waals surface area contributed by atoms with Crippen molar-refractivity contribution in [3.63, 3.8) is 0 Å². The number of rotatable bonds is 9. The largest absolute Gasteiger partial charge is 0.352 e. The van der Waals surface area contributed by atoms with Gasteiger partial charge < -0.3 is 10.2 Å². The summed E-state index contributed by atoms with van der Waals surface area (Å²) in [4.78, 5) is 27.2. The molecule has 6 heteroatoms. The minimum Gasteiger partial charge on any atom is -0.352 e. The summed E-state index contributed by atoms with van der Waals surface area (Å²) in [6, 6.07) is 15.2. The first kappa shape index (κ1) is 23.3. The van der Waals surface area contributed by atoms with Crippen molar-refractivity contribution < 1.29 is 9.59 Å². The minimum absolute atomic E-state index is 0.0283. The lowest BCUT2D eigenvalue weighted by Crippen LogP contribution is -2.49. The summed E-state index contributed by atoms with van der Waals surface area (Å²) in [7, 11) is 0. The monoisotopic (exact) mass is 432 g/mol. The number of thioether (sulfide) groups is 1. The molecule has 2 aromatic rings. The zero-order valence-electron chi connectivity index (χ0n) is 17.4. The van der Waals surface area contributed by atoms with Crippen molar-refractivity contribution in [1.82, 2.24) is 10.2 Å². The highest BCUT2D eigenvalue weighted by Gasteiger charge is 2.26. The molecule has 0 aliphatic rings. The minimum atomic E-state index is -0.540. The van der Waals surface area contributed by atoms with Crippen molar-refractivity contribution in [3.05, 3.63) is 70.2 Å². The number of nitrogens with zero attached hydrogens (tertiary/aromatic N) is 1. The molecular formula is C23H29ClN2O2S. The zero-order valence-corrected chi connectivity index (χ0v) is 19.0. The maximum absolute atomic E-state index is 13.0. The summed E-state index contributed by atoms with van der Waals surface area (Å²) >= 11 is 7.46. The van der Waals surface area contributed by atoms with Crippen molar-refractivity contribution in [3.8, 4) is 0 Å². The third-order valence-electron chi connectivity index (χ3n) is 4.48. The van der Waals surface area contributed by atoms with Gasteiger partial charge in [-0.05, 0) is 51.0 Å². The normalized spacial score (nSPS) is 11.9. The first-order valence-corrected chi connectivity index (χ1v) is 11.3. The van der Waals surface area contributed by atoms with Crippen molar-refractivity contribution in [2.75, 3.05) is 5.75 Å². The van der Waals surface area contributed by atoms with Gasteiger partial charge in [-0.3, -0.25) is 9.59 Å². The van der Waals surface area contributed by atoms with E-state index in [1.165, 1.54) is 11.8 Å². The number of aryl methyl sites for hydroxylation is 1.